The maximum absolute atomic E-state index is 10.7. The van der Waals surface area contributed by atoms with E-state index in [0.717, 1.165) is 10.5 Å². The molecule has 0 unspecified atom stereocenters. The highest BCUT2D eigenvalue weighted by atomic mass is 35.5. The Bertz CT molecular complexity index is 896. The van der Waals surface area contributed by atoms with Crippen molar-refractivity contribution in [2.45, 2.75) is 4.90 Å². The van der Waals surface area contributed by atoms with Gasteiger partial charge >= 0.3 is 0 Å². The van der Waals surface area contributed by atoms with Crippen LogP contribution in [0.15, 0.2) is 51.9 Å². The van der Waals surface area contributed by atoms with E-state index in [0.29, 0.717) is 28.1 Å². The van der Waals surface area contributed by atoms with E-state index < -0.39 is 5.91 Å². The molecule has 1 heterocycles. The van der Waals surface area contributed by atoms with Gasteiger partial charge in [0.25, 0.3) is 11.8 Å². The van der Waals surface area contributed by atoms with Crippen molar-refractivity contribution in [2.75, 3.05) is 12.9 Å². The van der Waals surface area contributed by atoms with Crippen molar-refractivity contribution in [1.82, 2.24) is 10.1 Å². The number of nitrogens with two attached hydrogens (primary N) is 1. The second kappa shape index (κ2) is 7.58. The largest absolute Gasteiger partial charge is 0.484 e. The number of aromatic nitrogens is 2. The Labute approximate surface area is 153 Å². The van der Waals surface area contributed by atoms with Gasteiger partial charge in [0.05, 0.1) is 10.6 Å². The average Bonchev–Trinajstić information content (AvgIpc) is 3.10. The SMILES string of the molecule is CSc1ccc(Cl)c(-c2nc(-c3ccc(OCC(N)=O)cc3)no2)c1. The van der Waals surface area contributed by atoms with Gasteiger partial charge in [-0.1, -0.05) is 16.8 Å². The molecule has 0 aliphatic heterocycles. The second-order valence-electron chi connectivity index (χ2n) is 5.05. The van der Waals surface area contributed by atoms with Crippen LogP contribution in [0.25, 0.3) is 22.8 Å². The van der Waals surface area contributed by atoms with E-state index in [-0.39, 0.29) is 6.61 Å². The van der Waals surface area contributed by atoms with Gasteiger partial charge in [-0.25, -0.2) is 0 Å². The van der Waals surface area contributed by atoms with E-state index in [9.17, 15) is 4.79 Å². The minimum atomic E-state index is -0.531. The van der Waals surface area contributed by atoms with Crippen LogP contribution in [0.4, 0.5) is 0 Å². The van der Waals surface area contributed by atoms with Gasteiger partial charge in [0.15, 0.2) is 6.61 Å². The first-order valence-corrected chi connectivity index (χ1v) is 8.86. The molecule has 1 amide bonds. The Kier molecular flexibility index (Phi) is 5.25. The fraction of sp³-hybridized carbons (Fsp3) is 0.118. The van der Waals surface area contributed by atoms with Gasteiger partial charge in [-0.3, -0.25) is 4.79 Å². The number of halogens is 1. The van der Waals surface area contributed by atoms with Gasteiger partial charge in [0.2, 0.25) is 5.82 Å². The Morgan fingerprint density at radius 3 is 2.72 bits per heavy atom. The van der Waals surface area contributed by atoms with Crippen LogP contribution >= 0.6 is 23.4 Å². The van der Waals surface area contributed by atoms with E-state index >= 15 is 0 Å². The number of rotatable bonds is 6. The Balaban J connectivity index is 1.83. The third kappa shape index (κ3) is 4.12. The number of benzene rings is 2. The molecule has 3 aromatic rings. The number of amides is 1. The highest BCUT2D eigenvalue weighted by Gasteiger charge is 2.14. The normalized spacial score (nSPS) is 10.6. The molecule has 0 saturated heterocycles. The third-order valence-corrected chi connectivity index (χ3v) is 4.38. The molecular formula is C17H14ClN3O3S. The molecule has 2 N–H and O–H groups in total. The van der Waals surface area contributed by atoms with Gasteiger partial charge in [0.1, 0.15) is 5.75 Å². The summed E-state index contributed by atoms with van der Waals surface area (Å²) in [5.41, 5.74) is 6.48. The molecule has 8 heteroatoms. The number of carbonyl (C=O) groups is 1. The first-order valence-electron chi connectivity index (χ1n) is 7.26. The van der Waals surface area contributed by atoms with Crippen molar-refractivity contribution in [3.8, 4) is 28.6 Å². The smallest absolute Gasteiger partial charge is 0.259 e. The minimum absolute atomic E-state index is 0.171. The number of hydrogen-bond acceptors (Lipinski definition) is 6. The van der Waals surface area contributed by atoms with E-state index in [4.69, 9.17) is 26.6 Å². The molecule has 0 saturated carbocycles. The van der Waals surface area contributed by atoms with Crippen molar-refractivity contribution in [3.63, 3.8) is 0 Å². The number of ether oxygens (including phenoxy) is 1. The molecule has 6 nitrogen and oxygen atoms in total. The van der Waals surface area contributed by atoms with Crippen LogP contribution < -0.4 is 10.5 Å². The predicted octanol–water partition coefficient (Wildman–Crippen LogP) is 3.64. The summed E-state index contributed by atoms with van der Waals surface area (Å²) in [6.07, 6.45) is 1.98. The third-order valence-electron chi connectivity index (χ3n) is 3.32. The van der Waals surface area contributed by atoms with Crippen LogP contribution in [0, 0.1) is 0 Å². The summed E-state index contributed by atoms with van der Waals surface area (Å²) >= 11 is 7.84. The second-order valence-corrected chi connectivity index (χ2v) is 6.34. The molecule has 128 valence electrons. The van der Waals surface area contributed by atoms with E-state index in [1.54, 1.807) is 42.1 Å². The summed E-state index contributed by atoms with van der Waals surface area (Å²) < 4.78 is 10.6. The fourth-order valence-corrected chi connectivity index (χ4v) is 2.74. The van der Waals surface area contributed by atoms with Gasteiger partial charge < -0.3 is 15.0 Å². The van der Waals surface area contributed by atoms with Crippen LogP contribution in [0.3, 0.4) is 0 Å². The van der Waals surface area contributed by atoms with Crippen molar-refractivity contribution >= 4 is 29.3 Å². The summed E-state index contributed by atoms with van der Waals surface area (Å²) in [6.45, 7) is -0.171. The van der Waals surface area contributed by atoms with E-state index in [1.165, 1.54) is 0 Å². The monoisotopic (exact) mass is 375 g/mol. The lowest BCUT2D eigenvalue weighted by molar-refractivity contribution is -0.119. The molecule has 2 aromatic carbocycles. The van der Waals surface area contributed by atoms with Crippen LogP contribution in [0.5, 0.6) is 5.75 Å². The van der Waals surface area contributed by atoms with Gasteiger partial charge in [-0.2, -0.15) is 4.98 Å². The Morgan fingerprint density at radius 1 is 1.28 bits per heavy atom. The molecule has 0 fully saturated rings. The van der Waals surface area contributed by atoms with Crippen LogP contribution in [0.2, 0.25) is 5.02 Å². The molecule has 1 aromatic heterocycles. The van der Waals surface area contributed by atoms with Crippen molar-refractivity contribution in [3.05, 3.63) is 47.5 Å². The van der Waals surface area contributed by atoms with Gasteiger partial charge in [0, 0.05) is 10.5 Å². The number of thioether (sulfide) groups is 1. The molecule has 0 bridgehead atoms. The molecule has 25 heavy (non-hydrogen) atoms. The molecule has 0 aliphatic rings. The number of hydrogen-bond donors (Lipinski definition) is 1. The van der Waals surface area contributed by atoms with Crippen molar-refractivity contribution in [2.24, 2.45) is 5.73 Å². The average molecular weight is 376 g/mol. The Morgan fingerprint density at radius 2 is 2.04 bits per heavy atom. The first kappa shape index (κ1) is 17.3. The highest BCUT2D eigenvalue weighted by Crippen LogP contribution is 2.32. The fourth-order valence-electron chi connectivity index (χ4n) is 2.10. The summed E-state index contributed by atoms with van der Waals surface area (Å²) in [7, 11) is 0. The zero-order chi connectivity index (χ0) is 17.8. The maximum Gasteiger partial charge on any atom is 0.259 e. The summed E-state index contributed by atoms with van der Waals surface area (Å²) in [4.78, 5) is 16.2. The zero-order valence-electron chi connectivity index (χ0n) is 13.2. The molecule has 0 spiro atoms. The lowest BCUT2D eigenvalue weighted by Gasteiger charge is -2.03. The van der Waals surface area contributed by atoms with E-state index in [2.05, 4.69) is 10.1 Å². The molecule has 0 atom stereocenters. The van der Waals surface area contributed by atoms with Gasteiger partial charge in [-0.15, -0.1) is 11.8 Å². The summed E-state index contributed by atoms with van der Waals surface area (Å²) in [6, 6.07) is 12.6. The number of primary amides is 1. The molecule has 3 rings (SSSR count). The van der Waals surface area contributed by atoms with Crippen LogP contribution in [-0.2, 0) is 4.79 Å². The zero-order valence-corrected chi connectivity index (χ0v) is 14.8. The number of nitrogens with zero attached hydrogens (tertiary/aromatic N) is 2. The van der Waals surface area contributed by atoms with Crippen molar-refractivity contribution < 1.29 is 14.1 Å². The maximum atomic E-state index is 10.7. The number of carbonyl (C=O) groups excluding carboxylic acids is 1. The van der Waals surface area contributed by atoms with Crippen LogP contribution in [-0.4, -0.2) is 28.9 Å². The Hall–Kier alpha value is -2.51. The molecular weight excluding hydrogens is 362 g/mol. The predicted molar refractivity (Wildman–Crippen MR) is 96.7 cm³/mol. The van der Waals surface area contributed by atoms with Crippen molar-refractivity contribution in [1.29, 1.82) is 0 Å². The molecule has 0 radical (unpaired) electrons. The quantitative estimate of drug-likeness (QED) is 0.661. The summed E-state index contributed by atoms with van der Waals surface area (Å²) in [5, 5.41) is 4.54. The first-order chi connectivity index (χ1) is 12.1. The minimum Gasteiger partial charge on any atom is -0.484 e. The lowest BCUT2D eigenvalue weighted by Crippen LogP contribution is -2.19. The highest BCUT2D eigenvalue weighted by molar-refractivity contribution is 7.98. The van der Waals surface area contributed by atoms with E-state index in [1.807, 2.05) is 18.4 Å². The van der Waals surface area contributed by atoms with Crippen LogP contribution in [0.1, 0.15) is 0 Å². The lowest BCUT2D eigenvalue weighted by atomic mass is 10.2. The topological polar surface area (TPSA) is 91.2 Å². The molecule has 0 aliphatic carbocycles. The summed E-state index contributed by atoms with van der Waals surface area (Å²) in [5.74, 6) is 0.783. The van der Waals surface area contributed by atoms with Gasteiger partial charge in [-0.05, 0) is 48.7 Å². The standard InChI is InChI=1S/C17H14ClN3O3S/c1-25-12-6-7-14(18)13(8-12)17-20-16(21-24-17)10-2-4-11(5-3-10)23-9-15(19)22/h2-8H,9H2,1H3,(H2,19,22).